The smallest absolute Gasteiger partial charge is 0.131 e. The molecule has 1 aliphatic heterocycles. The van der Waals surface area contributed by atoms with Crippen molar-refractivity contribution in [2.24, 2.45) is 0 Å². The number of aliphatic hydroxyl groups is 1. The number of nitrogens with one attached hydrogen (secondary N) is 1. The highest BCUT2D eigenvalue weighted by Gasteiger charge is 2.43. The summed E-state index contributed by atoms with van der Waals surface area (Å²) in [6.07, 6.45) is -0.698. The maximum Gasteiger partial charge on any atom is 0.131 e. The Morgan fingerprint density at radius 3 is 2.66 bits per heavy atom. The van der Waals surface area contributed by atoms with E-state index in [9.17, 15) is 5.11 Å². The van der Waals surface area contributed by atoms with Crippen LogP contribution >= 0.6 is 11.6 Å². The first-order valence-corrected chi connectivity index (χ1v) is 10.4. The summed E-state index contributed by atoms with van der Waals surface area (Å²) < 4.78 is 6.20. The molecule has 0 saturated carbocycles. The van der Waals surface area contributed by atoms with Crippen molar-refractivity contribution >= 4 is 22.5 Å². The van der Waals surface area contributed by atoms with E-state index in [-0.39, 0.29) is 6.04 Å². The van der Waals surface area contributed by atoms with Gasteiger partial charge in [-0.2, -0.15) is 0 Å². The number of aliphatic hydroxyl groups excluding tert-OH is 1. The van der Waals surface area contributed by atoms with Crippen LogP contribution in [0, 0.1) is 6.92 Å². The largest absolute Gasteiger partial charge is 0.485 e. The Morgan fingerprint density at radius 1 is 1.21 bits per heavy atom. The summed E-state index contributed by atoms with van der Waals surface area (Å²) in [5.41, 5.74) is 3.34. The van der Waals surface area contributed by atoms with Crippen LogP contribution in [0.3, 0.4) is 0 Å². The second-order valence-electron chi connectivity index (χ2n) is 8.52. The molecule has 2 N–H and O–H groups in total. The van der Waals surface area contributed by atoms with Gasteiger partial charge in [0.25, 0.3) is 0 Å². The van der Waals surface area contributed by atoms with Crippen LogP contribution in [0.15, 0.2) is 48.5 Å². The minimum Gasteiger partial charge on any atom is -0.485 e. The molecule has 1 aromatic heterocycles. The molecule has 0 aliphatic carbocycles. The molecule has 0 amide bonds. The molecule has 2 heterocycles. The van der Waals surface area contributed by atoms with Gasteiger partial charge in [0.1, 0.15) is 22.6 Å². The Kier molecular flexibility index (Phi) is 5.28. The maximum atomic E-state index is 11.1. The Balaban J connectivity index is 1.71. The second-order valence-corrected chi connectivity index (χ2v) is 8.90. The molecule has 0 saturated heterocycles. The normalized spacial score (nSPS) is 21.4. The summed E-state index contributed by atoms with van der Waals surface area (Å²) in [6.45, 7) is 8.79. The van der Waals surface area contributed by atoms with Crippen LogP contribution in [0.4, 0.5) is 0 Å². The predicted molar refractivity (Wildman–Crippen MR) is 118 cm³/mol. The second kappa shape index (κ2) is 7.60. The zero-order chi connectivity index (χ0) is 20.8. The van der Waals surface area contributed by atoms with Crippen LogP contribution in [0.1, 0.15) is 49.4 Å². The molecule has 3 atom stereocenters. The van der Waals surface area contributed by atoms with E-state index < -0.39 is 11.7 Å². The van der Waals surface area contributed by atoms with Crippen LogP contribution in [0.2, 0.25) is 5.15 Å². The first-order chi connectivity index (χ1) is 13.8. The lowest BCUT2D eigenvalue weighted by Gasteiger charge is -2.43. The van der Waals surface area contributed by atoms with Crippen LogP contribution in [-0.4, -0.2) is 28.3 Å². The summed E-state index contributed by atoms with van der Waals surface area (Å²) in [5.74, 6) is 1.10. The standard InChI is InChI=1S/C24H27ClN2O2/c1-14-10-21(25)27-19-11-18-20(12-17(14)19)29-24(3,4)23(28)22(18)26-13-15(2)16-8-6-5-7-9-16/h5-12,15,22-23,26,28H,13H2,1-4H3. The summed E-state index contributed by atoms with van der Waals surface area (Å²) in [7, 11) is 0. The van der Waals surface area contributed by atoms with E-state index in [1.54, 1.807) is 0 Å². The van der Waals surface area contributed by atoms with Crippen LogP contribution < -0.4 is 10.1 Å². The third-order valence-electron chi connectivity index (χ3n) is 5.86. The van der Waals surface area contributed by atoms with Crippen molar-refractivity contribution in [1.82, 2.24) is 10.3 Å². The first kappa shape index (κ1) is 20.1. The van der Waals surface area contributed by atoms with Crippen LogP contribution in [-0.2, 0) is 0 Å². The van der Waals surface area contributed by atoms with Gasteiger partial charge in [0.2, 0.25) is 0 Å². The maximum absolute atomic E-state index is 11.1. The third kappa shape index (κ3) is 3.85. The molecule has 0 bridgehead atoms. The average Bonchev–Trinajstić information content (AvgIpc) is 2.68. The van der Waals surface area contributed by atoms with Crippen molar-refractivity contribution in [2.75, 3.05) is 6.54 Å². The molecule has 0 spiro atoms. The minimum absolute atomic E-state index is 0.259. The number of aryl methyl sites for hydroxylation is 1. The lowest BCUT2D eigenvalue weighted by Crippen LogP contribution is -2.53. The topological polar surface area (TPSA) is 54.4 Å². The number of ether oxygens (including phenoxy) is 1. The van der Waals surface area contributed by atoms with Gasteiger partial charge in [-0.05, 0) is 56.0 Å². The van der Waals surface area contributed by atoms with Gasteiger partial charge in [0, 0.05) is 17.5 Å². The van der Waals surface area contributed by atoms with Crippen LogP contribution in [0.25, 0.3) is 10.9 Å². The van der Waals surface area contributed by atoms with E-state index in [4.69, 9.17) is 16.3 Å². The van der Waals surface area contributed by atoms with E-state index >= 15 is 0 Å². The Labute approximate surface area is 176 Å². The highest BCUT2D eigenvalue weighted by Crippen LogP contribution is 2.42. The van der Waals surface area contributed by atoms with E-state index in [0.717, 1.165) is 34.3 Å². The average molecular weight is 411 g/mol. The lowest BCUT2D eigenvalue weighted by atomic mass is 9.85. The molecule has 0 fully saturated rings. The number of benzene rings is 2. The summed E-state index contributed by atoms with van der Waals surface area (Å²) in [4.78, 5) is 4.48. The van der Waals surface area contributed by atoms with Gasteiger partial charge in [-0.15, -0.1) is 0 Å². The number of hydrogen-bond donors (Lipinski definition) is 2. The zero-order valence-corrected chi connectivity index (χ0v) is 18.0. The number of pyridine rings is 1. The molecule has 4 nitrogen and oxygen atoms in total. The van der Waals surface area contributed by atoms with Gasteiger partial charge in [-0.3, -0.25) is 0 Å². The molecule has 3 aromatic rings. The highest BCUT2D eigenvalue weighted by molar-refractivity contribution is 6.29. The fraction of sp³-hybridized carbons (Fsp3) is 0.375. The lowest BCUT2D eigenvalue weighted by molar-refractivity contribution is -0.0645. The molecule has 2 aromatic carbocycles. The van der Waals surface area contributed by atoms with Crippen molar-refractivity contribution in [2.45, 2.75) is 51.4 Å². The van der Waals surface area contributed by atoms with Crippen LogP contribution in [0.5, 0.6) is 5.75 Å². The third-order valence-corrected chi connectivity index (χ3v) is 6.06. The molecule has 4 rings (SSSR count). The van der Waals surface area contributed by atoms with Gasteiger partial charge in [0.15, 0.2) is 0 Å². The summed E-state index contributed by atoms with van der Waals surface area (Å²) in [6, 6.07) is 16.0. The molecule has 0 radical (unpaired) electrons. The monoisotopic (exact) mass is 410 g/mol. The Hall–Kier alpha value is -2.14. The van der Waals surface area contributed by atoms with Crippen molar-refractivity contribution in [3.63, 3.8) is 0 Å². The number of rotatable bonds is 4. The Morgan fingerprint density at radius 2 is 1.93 bits per heavy atom. The van der Waals surface area contributed by atoms with Crippen molar-refractivity contribution < 1.29 is 9.84 Å². The molecule has 29 heavy (non-hydrogen) atoms. The quantitative estimate of drug-likeness (QED) is 0.583. The van der Waals surface area contributed by atoms with Gasteiger partial charge >= 0.3 is 0 Å². The van der Waals surface area contributed by atoms with Crippen molar-refractivity contribution in [3.8, 4) is 5.75 Å². The number of aromatic nitrogens is 1. The fourth-order valence-corrected chi connectivity index (χ4v) is 4.32. The van der Waals surface area contributed by atoms with E-state index in [0.29, 0.717) is 11.1 Å². The van der Waals surface area contributed by atoms with Gasteiger partial charge in [0.05, 0.1) is 11.6 Å². The fourth-order valence-electron chi connectivity index (χ4n) is 4.07. The van der Waals surface area contributed by atoms with E-state index in [1.165, 1.54) is 5.56 Å². The zero-order valence-electron chi connectivity index (χ0n) is 17.2. The molecule has 3 unspecified atom stereocenters. The Bertz CT molecular complexity index is 1040. The highest BCUT2D eigenvalue weighted by atomic mass is 35.5. The number of fused-ring (bicyclic) bond motifs is 2. The SMILES string of the molecule is Cc1cc(Cl)nc2cc3c(cc12)OC(C)(C)C(O)C3NCC(C)c1ccccc1. The van der Waals surface area contributed by atoms with E-state index in [1.807, 2.05) is 45.0 Å². The molecular formula is C24H27ClN2O2. The molecule has 152 valence electrons. The number of hydrogen-bond acceptors (Lipinski definition) is 4. The van der Waals surface area contributed by atoms with Crippen molar-refractivity contribution in [3.05, 3.63) is 70.4 Å². The van der Waals surface area contributed by atoms with E-state index in [2.05, 4.69) is 41.5 Å². The van der Waals surface area contributed by atoms with Gasteiger partial charge < -0.3 is 15.2 Å². The number of nitrogens with zero attached hydrogens (tertiary/aromatic N) is 1. The predicted octanol–water partition coefficient (Wildman–Crippen LogP) is 5.16. The van der Waals surface area contributed by atoms with Gasteiger partial charge in [-0.25, -0.2) is 4.98 Å². The minimum atomic E-state index is -0.706. The molecule has 1 aliphatic rings. The number of halogens is 1. The summed E-state index contributed by atoms with van der Waals surface area (Å²) in [5, 5.41) is 16.1. The van der Waals surface area contributed by atoms with Gasteiger partial charge in [-0.1, -0.05) is 48.9 Å². The summed E-state index contributed by atoms with van der Waals surface area (Å²) >= 11 is 6.18. The molecular weight excluding hydrogens is 384 g/mol. The first-order valence-electron chi connectivity index (χ1n) is 10.0. The molecule has 5 heteroatoms. The van der Waals surface area contributed by atoms with Crippen molar-refractivity contribution in [1.29, 1.82) is 0 Å².